The Labute approximate surface area is 77.3 Å². The van der Waals surface area contributed by atoms with Crippen LogP contribution in [0, 0.1) is 0 Å². The summed E-state index contributed by atoms with van der Waals surface area (Å²) in [4.78, 5) is 14.1. The fourth-order valence-electron chi connectivity index (χ4n) is 0.358. The zero-order valence-electron chi connectivity index (χ0n) is 6.94. The van der Waals surface area contributed by atoms with Gasteiger partial charge in [-0.3, -0.25) is 4.79 Å². The predicted octanol–water partition coefficient (Wildman–Crippen LogP) is 1.28. The molecule has 1 N–H and O–H groups in total. The second kappa shape index (κ2) is 10.2. The van der Waals surface area contributed by atoms with Crippen LogP contribution in [0.1, 0.15) is 10.6 Å². The Morgan fingerprint density at radius 3 is 2.42 bits per heavy atom. The summed E-state index contributed by atoms with van der Waals surface area (Å²) in [5.74, 6) is 0.375. The summed E-state index contributed by atoms with van der Waals surface area (Å²) in [5.41, 5.74) is 2.43. The van der Waals surface area contributed by atoms with Gasteiger partial charge >= 0.3 is 0 Å². The molecule has 0 aliphatic carbocycles. The molecule has 70 valence electrons. The zero-order valence-corrected chi connectivity index (χ0v) is 7.76. The number of hydrogen-bond acceptors (Lipinski definition) is 4. The molecule has 12 heavy (non-hydrogen) atoms. The molecule has 1 heterocycles. The molecule has 0 unspecified atom stereocenters. The molecule has 0 fully saturated rings. The van der Waals surface area contributed by atoms with Crippen molar-refractivity contribution in [3.63, 3.8) is 0 Å². The molecular weight excluding hydrogens is 182 g/mol. The van der Waals surface area contributed by atoms with Gasteiger partial charge in [-0.1, -0.05) is 0 Å². The van der Waals surface area contributed by atoms with E-state index in [0.29, 0.717) is 12.0 Å². The molecule has 4 nitrogen and oxygen atoms in total. The van der Waals surface area contributed by atoms with E-state index in [1.165, 1.54) is 6.26 Å². The van der Waals surface area contributed by atoms with Crippen molar-refractivity contribution in [3.8, 4) is 0 Å². The van der Waals surface area contributed by atoms with Crippen LogP contribution < -0.4 is 5.48 Å². The van der Waals surface area contributed by atoms with Crippen LogP contribution in [-0.4, -0.2) is 20.4 Å². The Morgan fingerprint density at radius 1 is 1.67 bits per heavy atom. The molecule has 0 radical (unpaired) electrons. The maximum atomic E-state index is 9.77. The Hall–Kier alpha value is -0.840. The first-order valence-corrected chi connectivity index (χ1v) is 3.03. The van der Waals surface area contributed by atoms with E-state index in [1.807, 2.05) is 0 Å². The van der Waals surface area contributed by atoms with E-state index in [2.05, 4.69) is 14.7 Å². The molecule has 5 heteroatoms. The highest BCUT2D eigenvalue weighted by atomic mass is 35.5. The van der Waals surface area contributed by atoms with Crippen LogP contribution >= 0.6 is 12.4 Å². The molecule has 0 atom stereocenters. The lowest BCUT2D eigenvalue weighted by Gasteiger charge is -1.80. The van der Waals surface area contributed by atoms with E-state index < -0.39 is 0 Å². The lowest BCUT2D eigenvalue weighted by atomic mass is 10.5. The third-order valence-corrected chi connectivity index (χ3v) is 0.863. The van der Waals surface area contributed by atoms with Crippen LogP contribution in [-0.2, 0) is 4.84 Å². The van der Waals surface area contributed by atoms with Gasteiger partial charge in [0.05, 0.1) is 13.4 Å². The summed E-state index contributed by atoms with van der Waals surface area (Å²) in [5, 5.41) is 0. The quantitative estimate of drug-likeness (QED) is 0.568. The Bertz CT molecular complexity index is 175. The van der Waals surface area contributed by atoms with Gasteiger partial charge in [-0.15, -0.1) is 12.4 Å². The monoisotopic (exact) mass is 193 g/mol. The smallest absolute Gasteiger partial charge is 0.185 e. The van der Waals surface area contributed by atoms with Crippen LogP contribution in [0.3, 0.4) is 0 Å². The zero-order chi connectivity index (χ0) is 8.53. The number of aldehydes is 1. The van der Waals surface area contributed by atoms with Gasteiger partial charge in [0.2, 0.25) is 0 Å². The number of carbonyl (C=O) groups excluding carboxylic acids is 1. The third kappa shape index (κ3) is 7.27. The Kier molecular flexibility index (Phi) is 11.6. The van der Waals surface area contributed by atoms with Crippen LogP contribution in [0.25, 0.3) is 0 Å². The fourth-order valence-corrected chi connectivity index (χ4v) is 0.358. The van der Waals surface area contributed by atoms with Crippen molar-refractivity contribution in [3.05, 3.63) is 24.2 Å². The molecule has 0 spiro atoms. The van der Waals surface area contributed by atoms with Gasteiger partial charge in [-0.2, -0.15) is 0 Å². The normalized spacial score (nSPS) is 7.50. The van der Waals surface area contributed by atoms with Crippen molar-refractivity contribution in [1.29, 1.82) is 0 Å². The summed E-state index contributed by atoms with van der Waals surface area (Å²) in [6.45, 7) is 0. The number of furan rings is 1. The molecule has 0 aliphatic rings. The van der Waals surface area contributed by atoms with Crippen molar-refractivity contribution in [2.45, 2.75) is 0 Å². The van der Waals surface area contributed by atoms with Gasteiger partial charge in [0.25, 0.3) is 0 Å². The molecule has 1 aromatic rings. The lowest BCUT2D eigenvalue weighted by molar-refractivity contribution is 0.110. The summed E-state index contributed by atoms with van der Waals surface area (Å²) in [6.07, 6.45) is 2.13. The van der Waals surface area contributed by atoms with Crippen molar-refractivity contribution < 1.29 is 14.0 Å². The SMILES string of the molecule is CNOC.Cl.O=Cc1ccco1. The standard InChI is InChI=1S/C5H4O2.C2H7NO.ClH/c6-4-5-2-1-3-7-5;1-3-4-2;/h1-4H;3H,1-2H3;1H. The number of rotatable bonds is 2. The first-order chi connectivity index (χ1) is 5.35. The molecule has 0 amide bonds. The third-order valence-electron chi connectivity index (χ3n) is 0.863. The summed E-state index contributed by atoms with van der Waals surface area (Å²) in [7, 11) is 3.28. The molecule has 1 rings (SSSR count). The van der Waals surface area contributed by atoms with E-state index in [9.17, 15) is 4.79 Å². The van der Waals surface area contributed by atoms with E-state index in [0.717, 1.165) is 0 Å². The Morgan fingerprint density at radius 2 is 2.25 bits per heavy atom. The Balaban J connectivity index is 0. The van der Waals surface area contributed by atoms with Crippen LogP contribution in [0.15, 0.2) is 22.8 Å². The fraction of sp³-hybridized carbons (Fsp3) is 0.286. The highest BCUT2D eigenvalue weighted by molar-refractivity contribution is 5.85. The van der Waals surface area contributed by atoms with Crippen molar-refractivity contribution in [2.24, 2.45) is 0 Å². The average molecular weight is 194 g/mol. The largest absolute Gasteiger partial charge is 0.462 e. The minimum atomic E-state index is 0. The first-order valence-electron chi connectivity index (χ1n) is 3.03. The number of halogens is 1. The second-order valence-electron chi connectivity index (χ2n) is 1.54. The highest BCUT2D eigenvalue weighted by Crippen LogP contribution is 1.92. The van der Waals surface area contributed by atoms with E-state index in [1.54, 1.807) is 26.3 Å². The molecule has 0 bridgehead atoms. The molecule has 1 aromatic heterocycles. The average Bonchev–Trinajstić information content (AvgIpc) is 2.56. The van der Waals surface area contributed by atoms with Crippen LogP contribution in [0.2, 0.25) is 0 Å². The van der Waals surface area contributed by atoms with Gasteiger partial charge in [0.1, 0.15) is 0 Å². The molecular formula is C7H12ClNO3. The van der Waals surface area contributed by atoms with Crippen LogP contribution in [0.4, 0.5) is 0 Å². The number of nitrogens with one attached hydrogen (secondary N) is 1. The van der Waals surface area contributed by atoms with Crippen molar-refractivity contribution >= 4 is 18.7 Å². The number of carbonyl (C=O) groups is 1. The summed E-state index contributed by atoms with van der Waals surface area (Å²) < 4.78 is 4.61. The van der Waals surface area contributed by atoms with Gasteiger partial charge < -0.3 is 9.25 Å². The van der Waals surface area contributed by atoms with Crippen LogP contribution in [0.5, 0.6) is 0 Å². The topological polar surface area (TPSA) is 51.5 Å². The van der Waals surface area contributed by atoms with Crippen molar-refractivity contribution in [2.75, 3.05) is 14.2 Å². The van der Waals surface area contributed by atoms with E-state index in [-0.39, 0.29) is 12.4 Å². The second-order valence-corrected chi connectivity index (χ2v) is 1.54. The highest BCUT2D eigenvalue weighted by Gasteiger charge is 1.84. The van der Waals surface area contributed by atoms with Gasteiger partial charge in [0, 0.05) is 7.05 Å². The van der Waals surface area contributed by atoms with Gasteiger partial charge in [-0.05, 0) is 12.1 Å². The minimum Gasteiger partial charge on any atom is -0.462 e. The molecule has 0 saturated carbocycles. The minimum absolute atomic E-state index is 0. The summed E-state index contributed by atoms with van der Waals surface area (Å²) in [6, 6.07) is 3.27. The van der Waals surface area contributed by atoms with Gasteiger partial charge in [-0.25, -0.2) is 5.48 Å². The summed E-state index contributed by atoms with van der Waals surface area (Å²) >= 11 is 0. The van der Waals surface area contributed by atoms with E-state index in [4.69, 9.17) is 0 Å². The predicted molar refractivity (Wildman–Crippen MR) is 47.4 cm³/mol. The maximum absolute atomic E-state index is 9.77. The number of hydrogen-bond donors (Lipinski definition) is 1. The molecule has 0 saturated heterocycles. The van der Waals surface area contributed by atoms with Gasteiger partial charge in [0.15, 0.2) is 12.0 Å². The first kappa shape index (κ1) is 13.7. The molecule has 0 aliphatic heterocycles. The maximum Gasteiger partial charge on any atom is 0.185 e. The van der Waals surface area contributed by atoms with E-state index >= 15 is 0 Å². The lowest BCUT2D eigenvalue weighted by Crippen LogP contribution is -2.00. The van der Waals surface area contributed by atoms with Crippen molar-refractivity contribution in [1.82, 2.24) is 5.48 Å². The molecule has 0 aromatic carbocycles. The number of hydroxylamine groups is 1.